The number of hydrogen-bond acceptors (Lipinski definition) is 3. The van der Waals surface area contributed by atoms with E-state index < -0.39 is 0 Å². The van der Waals surface area contributed by atoms with E-state index in [9.17, 15) is 9.59 Å². The molecule has 1 fully saturated rings. The van der Waals surface area contributed by atoms with E-state index in [0.717, 1.165) is 49.1 Å². The summed E-state index contributed by atoms with van der Waals surface area (Å²) in [6.45, 7) is 1.07. The number of aromatic amines is 1. The van der Waals surface area contributed by atoms with E-state index in [4.69, 9.17) is 16.3 Å². The summed E-state index contributed by atoms with van der Waals surface area (Å²) in [6, 6.07) is 8.95. The molecule has 1 saturated heterocycles. The summed E-state index contributed by atoms with van der Waals surface area (Å²) in [5.74, 6) is 0.534. The predicted octanol–water partition coefficient (Wildman–Crippen LogP) is 3.20. The van der Waals surface area contributed by atoms with Gasteiger partial charge in [-0.15, -0.1) is 0 Å². The molecule has 5 nitrogen and oxygen atoms in total. The number of nitrogens with zero attached hydrogens (tertiary/aromatic N) is 1. The van der Waals surface area contributed by atoms with Crippen molar-refractivity contribution in [1.29, 1.82) is 0 Å². The highest BCUT2D eigenvalue weighted by Crippen LogP contribution is 2.24. The molecule has 6 heteroatoms. The number of fused-ring (bicyclic) bond motifs is 1. The fourth-order valence-corrected chi connectivity index (χ4v) is 3.95. The number of H-pyrrole nitrogens is 1. The van der Waals surface area contributed by atoms with Gasteiger partial charge in [-0.2, -0.15) is 0 Å². The van der Waals surface area contributed by atoms with Gasteiger partial charge in [0.1, 0.15) is 17.9 Å². The van der Waals surface area contributed by atoms with Crippen LogP contribution in [-0.2, 0) is 12.8 Å². The molecule has 2 heterocycles. The third kappa shape index (κ3) is 3.36. The van der Waals surface area contributed by atoms with Crippen LogP contribution in [0.3, 0.4) is 0 Å². The van der Waals surface area contributed by atoms with E-state index in [1.807, 2.05) is 12.1 Å². The number of rotatable bonds is 4. The van der Waals surface area contributed by atoms with Crippen LogP contribution in [0.2, 0.25) is 5.02 Å². The van der Waals surface area contributed by atoms with E-state index in [0.29, 0.717) is 18.2 Å². The Morgan fingerprint density at radius 3 is 2.85 bits per heavy atom. The first-order valence-corrected chi connectivity index (χ1v) is 9.44. The zero-order valence-corrected chi connectivity index (χ0v) is 15.2. The molecule has 1 aromatic carbocycles. The molecule has 4 rings (SSSR count). The highest BCUT2D eigenvalue weighted by Gasteiger charge is 2.32. The maximum absolute atomic E-state index is 13.0. The van der Waals surface area contributed by atoms with Crippen molar-refractivity contribution in [3.05, 3.63) is 62.5 Å². The largest absolute Gasteiger partial charge is 0.491 e. The molecule has 0 spiro atoms. The SMILES string of the molecule is O=C(c1cc2c([nH]c1=O)CCC2)N1CCCC1COc1ccc(Cl)cc1. The maximum Gasteiger partial charge on any atom is 0.261 e. The predicted molar refractivity (Wildman–Crippen MR) is 100 cm³/mol. The Kier molecular flexibility index (Phi) is 4.72. The lowest BCUT2D eigenvalue weighted by molar-refractivity contribution is 0.0689. The number of benzene rings is 1. The number of pyridine rings is 1. The number of aryl methyl sites for hydroxylation is 2. The van der Waals surface area contributed by atoms with Crippen LogP contribution in [0.4, 0.5) is 0 Å². The monoisotopic (exact) mass is 372 g/mol. The van der Waals surface area contributed by atoms with Crippen LogP contribution in [0.15, 0.2) is 35.1 Å². The van der Waals surface area contributed by atoms with Crippen LogP contribution >= 0.6 is 11.6 Å². The van der Waals surface area contributed by atoms with Crippen molar-refractivity contribution in [1.82, 2.24) is 9.88 Å². The second kappa shape index (κ2) is 7.16. The number of likely N-dealkylation sites (tertiary alicyclic amines) is 1. The Morgan fingerprint density at radius 2 is 2.04 bits per heavy atom. The van der Waals surface area contributed by atoms with E-state index in [2.05, 4.69) is 4.98 Å². The Labute approximate surface area is 156 Å². The van der Waals surface area contributed by atoms with Gasteiger partial charge in [-0.05, 0) is 68.0 Å². The number of aromatic nitrogens is 1. The van der Waals surface area contributed by atoms with Gasteiger partial charge >= 0.3 is 0 Å². The van der Waals surface area contributed by atoms with Crippen LogP contribution in [0.1, 0.15) is 40.9 Å². The number of nitrogens with one attached hydrogen (secondary N) is 1. The van der Waals surface area contributed by atoms with Gasteiger partial charge in [-0.3, -0.25) is 9.59 Å². The van der Waals surface area contributed by atoms with Crippen LogP contribution in [0.25, 0.3) is 0 Å². The van der Waals surface area contributed by atoms with Crippen molar-refractivity contribution in [2.75, 3.05) is 13.2 Å². The molecule has 1 N–H and O–H groups in total. The first-order valence-electron chi connectivity index (χ1n) is 9.06. The summed E-state index contributed by atoms with van der Waals surface area (Å²) in [6.07, 6.45) is 4.64. The molecule has 1 atom stereocenters. The topological polar surface area (TPSA) is 62.4 Å². The highest BCUT2D eigenvalue weighted by molar-refractivity contribution is 6.30. The molecule has 0 radical (unpaired) electrons. The molecule has 1 amide bonds. The molecule has 1 unspecified atom stereocenters. The first kappa shape index (κ1) is 17.2. The molecule has 1 aromatic heterocycles. The van der Waals surface area contributed by atoms with E-state index >= 15 is 0 Å². The van der Waals surface area contributed by atoms with Gasteiger partial charge < -0.3 is 14.6 Å². The summed E-state index contributed by atoms with van der Waals surface area (Å²) in [4.78, 5) is 30.0. The number of amides is 1. The van der Waals surface area contributed by atoms with E-state index in [1.54, 1.807) is 23.1 Å². The van der Waals surface area contributed by atoms with Crippen molar-refractivity contribution in [3.63, 3.8) is 0 Å². The standard InChI is InChI=1S/C20H21ClN2O3/c21-14-6-8-16(9-7-14)26-12-15-4-2-10-23(15)20(25)17-11-13-3-1-5-18(13)22-19(17)24/h6-9,11,15H,1-5,10,12H2,(H,22,24). The fourth-order valence-electron chi connectivity index (χ4n) is 3.83. The lowest BCUT2D eigenvalue weighted by Gasteiger charge is -2.25. The van der Waals surface area contributed by atoms with Gasteiger partial charge in [-0.25, -0.2) is 0 Å². The maximum atomic E-state index is 13.0. The van der Waals surface area contributed by atoms with Gasteiger partial charge in [0.2, 0.25) is 0 Å². The number of carbonyl (C=O) groups excluding carboxylic acids is 1. The third-order valence-electron chi connectivity index (χ3n) is 5.21. The van der Waals surface area contributed by atoms with Crippen molar-refractivity contribution < 1.29 is 9.53 Å². The minimum atomic E-state index is -0.278. The fraction of sp³-hybridized carbons (Fsp3) is 0.400. The molecule has 26 heavy (non-hydrogen) atoms. The second-order valence-corrected chi connectivity index (χ2v) is 7.37. The quantitative estimate of drug-likeness (QED) is 0.896. The van der Waals surface area contributed by atoms with Crippen LogP contribution in [-0.4, -0.2) is 35.0 Å². The van der Waals surface area contributed by atoms with E-state index in [1.165, 1.54) is 0 Å². The minimum absolute atomic E-state index is 0.0224. The van der Waals surface area contributed by atoms with Gasteiger partial charge in [0.05, 0.1) is 6.04 Å². The summed E-state index contributed by atoms with van der Waals surface area (Å²) in [5.41, 5.74) is 2.06. The minimum Gasteiger partial charge on any atom is -0.491 e. The summed E-state index contributed by atoms with van der Waals surface area (Å²) < 4.78 is 5.83. The molecule has 1 aliphatic carbocycles. The lowest BCUT2D eigenvalue weighted by atomic mass is 10.1. The third-order valence-corrected chi connectivity index (χ3v) is 5.46. The lowest BCUT2D eigenvalue weighted by Crippen LogP contribution is -2.41. The summed E-state index contributed by atoms with van der Waals surface area (Å²) in [7, 11) is 0. The summed E-state index contributed by atoms with van der Waals surface area (Å²) >= 11 is 5.89. The second-order valence-electron chi connectivity index (χ2n) is 6.93. The Morgan fingerprint density at radius 1 is 1.23 bits per heavy atom. The first-order chi connectivity index (χ1) is 12.6. The van der Waals surface area contributed by atoms with Crippen molar-refractivity contribution in [2.24, 2.45) is 0 Å². The van der Waals surface area contributed by atoms with Crippen molar-refractivity contribution in [2.45, 2.75) is 38.1 Å². The van der Waals surface area contributed by atoms with Gasteiger partial charge in [0.25, 0.3) is 11.5 Å². The molecule has 0 bridgehead atoms. The Bertz CT molecular complexity index is 876. The molecular weight excluding hydrogens is 352 g/mol. The Hall–Kier alpha value is -2.27. The smallest absolute Gasteiger partial charge is 0.261 e. The number of halogens is 1. The van der Waals surface area contributed by atoms with Gasteiger partial charge in [-0.1, -0.05) is 11.6 Å². The molecular formula is C20H21ClN2O3. The number of carbonyl (C=O) groups is 1. The molecule has 136 valence electrons. The number of ether oxygens (including phenoxy) is 1. The number of hydrogen-bond donors (Lipinski definition) is 1. The van der Waals surface area contributed by atoms with Gasteiger partial charge in [0, 0.05) is 17.3 Å². The molecule has 2 aromatic rings. The van der Waals surface area contributed by atoms with Crippen LogP contribution < -0.4 is 10.3 Å². The van der Waals surface area contributed by atoms with Crippen LogP contribution in [0.5, 0.6) is 5.75 Å². The summed E-state index contributed by atoms with van der Waals surface area (Å²) in [5, 5.41) is 0.658. The average Bonchev–Trinajstić information content (AvgIpc) is 3.28. The van der Waals surface area contributed by atoms with Crippen molar-refractivity contribution in [3.8, 4) is 5.75 Å². The molecule has 0 saturated carbocycles. The highest BCUT2D eigenvalue weighted by atomic mass is 35.5. The van der Waals surface area contributed by atoms with E-state index in [-0.39, 0.29) is 23.1 Å². The molecule has 1 aliphatic heterocycles. The zero-order chi connectivity index (χ0) is 18.1. The Balaban J connectivity index is 1.48. The average molecular weight is 373 g/mol. The van der Waals surface area contributed by atoms with Crippen molar-refractivity contribution >= 4 is 17.5 Å². The normalized spacial score (nSPS) is 18.8. The zero-order valence-electron chi connectivity index (χ0n) is 14.5. The van der Waals surface area contributed by atoms with Crippen LogP contribution in [0, 0.1) is 0 Å². The van der Waals surface area contributed by atoms with Gasteiger partial charge in [0.15, 0.2) is 0 Å². The molecule has 2 aliphatic rings.